The van der Waals surface area contributed by atoms with Gasteiger partial charge in [0, 0.05) is 44.2 Å². The molecule has 244 valence electrons. The van der Waals surface area contributed by atoms with Gasteiger partial charge < -0.3 is 24.8 Å². The lowest BCUT2D eigenvalue weighted by Gasteiger charge is -2.39. The predicted octanol–water partition coefficient (Wildman–Crippen LogP) is 5.32. The van der Waals surface area contributed by atoms with Crippen LogP contribution in [0.5, 0.6) is 0 Å². The summed E-state index contributed by atoms with van der Waals surface area (Å²) in [5.74, 6) is -2.58. The van der Waals surface area contributed by atoms with Crippen molar-refractivity contribution >= 4 is 11.8 Å². The van der Waals surface area contributed by atoms with Gasteiger partial charge in [0.1, 0.15) is 6.04 Å². The lowest BCUT2D eigenvalue weighted by Crippen LogP contribution is -2.50. The van der Waals surface area contributed by atoms with Gasteiger partial charge in [-0.05, 0) is 42.4 Å². The first-order valence-electron chi connectivity index (χ1n) is 15.8. The highest BCUT2D eigenvalue weighted by atomic mass is 19.4. The summed E-state index contributed by atoms with van der Waals surface area (Å²) in [5.41, 5.74) is 3.39. The molecule has 0 aromatic heterocycles. The second-order valence-electron chi connectivity index (χ2n) is 12.1. The van der Waals surface area contributed by atoms with Crippen molar-refractivity contribution in [1.29, 1.82) is 0 Å². The number of amides is 2. The summed E-state index contributed by atoms with van der Waals surface area (Å²) in [5, 5.41) is 12.2. The molecule has 0 radical (unpaired) electrons. The Morgan fingerprint density at radius 1 is 0.978 bits per heavy atom. The van der Waals surface area contributed by atoms with Gasteiger partial charge in [0.2, 0.25) is 5.91 Å². The fraction of sp³-hybridized carbons (Fsp3) is 0.529. The zero-order valence-corrected chi connectivity index (χ0v) is 25.4. The van der Waals surface area contributed by atoms with Crippen LogP contribution >= 0.6 is 0 Å². The number of nitrogens with zero attached hydrogens (tertiary/aromatic N) is 2. The number of benzene rings is 2. The molecule has 4 atom stereocenters. The molecule has 45 heavy (non-hydrogen) atoms. The molecule has 2 aromatic rings. The highest BCUT2D eigenvalue weighted by Gasteiger charge is 2.47. The molecule has 8 nitrogen and oxygen atoms in total. The number of alkyl halides is 3. The Morgan fingerprint density at radius 2 is 1.64 bits per heavy atom. The highest BCUT2D eigenvalue weighted by Crippen LogP contribution is 2.39. The second kappa shape index (κ2) is 14.9. The van der Waals surface area contributed by atoms with Gasteiger partial charge in [-0.15, -0.1) is 6.58 Å². The summed E-state index contributed by atoms with van der Waals surface area (Å²) >= 11 is 0. The number of halogens is 3. The first-order chi connectivity index (χ1) is 21.7. The van der Waals surface area contributed by atoms with E-state index in [9.17, 15) is 27.9 Å². The Bertz CT molecular complexity index is 1300. The van der Waals surface area contributed by atoms with E-state index in [1.807, 2.05) is 54.6 Å². The minimum absolute atomic E-state index is 0.0323. The maximum atomic E-state index is 13.0. The number of carbonyl (C=O) groups is 2. The predicted molar refractivity (Wildman–Crippen MR) is 162 cm³/mol. The number of carbonyl (C=O) groups excluding carboxylic acids is 2. The van der Waals surface area contributed by atoms with Gasteiger partial charge in [-0.1, -0.05) is 67.4 Å². The van der Waals surface area contributed by atoms with Crippen molar-refractivity contribution < 1.29 is 37.3 Å². The summed E-state index contributed by atoms with van der Waals surface area (Å²) in [7, 11) is 0. The van der Waals surface area contributed by atoms with Crippen molar-refractivity contribution in [2.75, 3.05) is 19.6 Å². The van der Waals surface area contributed by atoms with Crippen LogP contribution in [0, 0.1) is 0 Å². The molecule has 0 spiro atoms. The maximum absolute atomic E-state index is 13.0. The fourth-order valence-electron chi connectivity index (χ4n) is 6.65. The molecule has 1 aliphatic carbocycles. The Balaban J connectivity index is 1.26. The number of hydrogen-bond donors (Lipinski definition) is 2. The van der Waals surface area contributed by atoms with Gasteiger partial charge in [-0.2, -0.15) is 13.2 Å². The number of rotatable bonds is 11. The lowest BCUT2D eigenvalue weighted by atomic mass is 9.99. The molecular weight excluding hydrogens is 587 g/mol. The number of nitrogens with one attached hydrogen (secondary N) is 1. The molecule has 3 aliphatic rings. The van der Waals surface area contributed by atoms with Crippen molar-refractivity contribution in [3.05, 3.63) is 83.4 Å². The molecule has 2 aromatic carbocycles. The van der Waals surface area contributed by atoms with E-state index in [0.29, 0.717) is 23.8 Å². The third-order valence-corrected chi connectivity index (χ3v) is 9.04. The van der Waals surface area contributed by atoms with E-state index in [2.05, 4.69) is 16.8 Å². The maximum Gasteiger partial charge on any atom is 0.471 e. The molecule has 5 rings (SSSR count). The smallest absolute Gasteiger partial charge is 0.392 e. The minimum atomic E-state index is -5.01. The van der Waals surface area contributed by atoms with E-state index >= 15 is 0 Å². The third-order valence-electron chi connectivity index (χ3n) is 9.04. The summed E-state index contributed by atoms with van der Waals surface area (Å²) in [6, 6.07) is 14.5. The molecule has 1 saturated carbocycles. The monoisotopic (exact) mass is 629 g/mol. The van der Waals surface area contributed by atoms with Crippen LogP contribution in [0.2, 0.25) is 0 Å². The first-order valence-corrected chi connectivity index (χ1v) is 15.8. The molecule has 2 heterocycles. The Morgan fingerprint density at radius 3 is 2.29 bits per heavy atom. The zero-order chi connectivity index (χ0) is 32.0. The zero-order valence-electron chi connectivity index (χ0n) is 25.4. The number of hydrogen-bond acceptors (Lipinski definition) is 6. The van der Waals surface area contributed by atoms with Crippen molar-refractivity contribution in [2.45, 2.75) is 94.9 Å². The average Bonchev–Trinajstić information content (AvgIpc) is 3.76. The van der Waals surface area contributed by atoms with Crippen LogP contribution in [0.3, 0.4) is 0 Å². The first kappa shape index (κ1) is 33.1. The van der Waals surface area contributed by atoms with Gasteiger partial charge in [0.25, 0.3) is 0 Å². The molecule has 0 unspecified atom stereocenters. The summed E-state index contributed by atoms with van der Waals surface area (Å²) in [6.45, 7) is 5.49. The lowest BCUT2D eigenvalue weighted by molar-refractivity contribution is -0.253. The number of aliphatic hydroxyl groups is 1. The molecule has 2 amide bonds. The Kier molecular flexibility index (Phi) is 11.0. The van der Waals surface area contributed by atoms with E-state index in [1.54, 1.807) is 0 Å². The molecule has 2 saturated heterocycles. The molecule has 2 N–H and O–H groups in total. The molecule has 2 aliphatic heterocycles. The van der Waals surface area contributed by atoms with E-state index in [4.69, 9.17) is 9.47 Å². The number of likely N-dealkylation sites (tertiary alicyclic amines) is 1. The fourth-order valence-corrected chi connectivity index (χ4v) is 6.65. The van der Waals surface area contributed by atoms with Gasteiger partial charge in [0.05, 0.1) is 18.8 Å². The second-order valence-corrected chi connectivity index (χ2v) is 12.1. The summed E-state index contributed by atoms with van der Waals surface area (Å²) in [4.78, 5) is 27.5. The van der Waals surface area contributed by atoms with Crippen LogP contribution < -0.4 is 5.32 Å². The highest BCUT2D eigenvalue weighted by molar-refractivity contribution is 5.90. The van der Waals surface area contributed by atoms with Crippen LogP contribution in [-0.4, -0.2) is 70.7 Å². The normalized spacial score (nSPS) is 24.2. The molecule has 3 fully saturated rings. The average molecular weight is 630 g/mol. The SMILES string of the molecule is C=CCN(C[C@H]1C[C@@H](c2ccc(CO)cc2)O[C@@H](c2ccc(CNC(=O)[C@@H]3CCCN3C(=O)C(F)(F)F)cc2)O1)C1CCCC1. The number of ether oxygens (including phenoxy) is 2. The molecule has 0 bridgehead atoms. The number of aliphatic hydroxyl groups excluding tert-OH is 1. The van der Waals surface area contributed by atoms with Crippen molar-refractivity contribution in [1.82, 2.24) is 15.1 Å². The van der Waals surface area contributed by atoms with Gasteiger partial charge >= 0.3 is 12.1 Å². The van der Waals surface area contributed by atoms with Crippen LogP contribution in [0.4, 0.5) is 13.2 Å². The van der Waals surface area contributed by atoms with Crippen molar-refractivity contribution in [3.8, 4) is 0 Å². The molecular formula is C34H42F3N3O5. The van der Waals surface area contributed by atoms with E-state index < -0.39 is 30.3 Å². The van der Waals surface area contributed by atoms with Crippen molar-refractivity contribution in [3.63, 3.8) is 0 Å². The Hall–Kier alpha value is -3.25. The largest absolute Gasteiger partial charge is 0.471 e. The van der Waals surface area contributed by atoms with Crippen LogP contribution in [-0.2, 0) is 32.2 Å². The van der Waals surface area contributed by atoms with E-state index in [1.165, 1.54) is 25.7 Å². The van der Waals surface area contributed by atoms with Crippen molar-refractivity contribution in [2.24, 2.45) is 0 Å². The Labute approximate surface area is 262 Å². The van der Waals surface area contributed by atoms with E-state index in [0.717, 1.165) is 35.3 Å². The minimum Gasteiger partial charge on any atom is -0.392 e. The third kappa shape index (κ3) is 8.32. The van der Waals surface area contributed by atoms with E-state index in [-0.39, 0.29) is 38.3 Å². The quantitative estimate of drug-likeness (QED) is 0.327. The standard InChI is InChI=1S/C34H42F3N3O5/c1-2-17-39(27-6-3-4-7-27)21-28-19-30(25-13-11-24(22-41)12-14-25)45-32(44-28)26-15-9-23(10-16-26)20-38-31(42)29-8-5-18-40(29)33(43)34(35,36)37/h2,9-16,27-30,32,41H,1,3-8,17-22H2,(H,38,42)/t28-,29+,30+,32+/m1/s1. The van der Waals surface area contributed by atoms with Gasteiger partial charge in [0.15, 0.2) is 6.29 Å². The van der Waals surface area contributed by atoms with Gasteiger partial charge in [-0.25, -0.2) is 0 Å². The summed E-state index contributed by atoms with van der Waals surface area (Å²) in [6.07, 6.45) is 1.99. The molecule has 11 heteroatoms. The topological polar surface area (TPSA) is 91.3 Å². The van der Waals surface area contributed by atoms with Gasteiger partial charge in [-0.3, -0.25) is 14.5 Å². The van der Waals surface area contributed by atoms with Crippen LogP contribution in [0.25, 0.3) is 0 Å². The van der Waals surface area contributed by atoms with Crippen LogP contribution in [0.15, 0.2) is 61.2 Å². The van der Waals surface area contributed by atoms with Crippen LogP contribution in [0.1, 0.15) is 79.6 Å². The summed E-state index contributed by atoms with van der Waals surface area (Å²) < 4.78 is 51.9.